The molecule has 33 heavy (non-hydrogen) atoms. The Labute approximate surface area is 200 Å². The molecule has 0 fully saturated rings. The molecule has 0 radical (unpaired) electrons. The molecular weight excluding hydrogens is 478 g/mol. The maximum Gasteiger partial charge on any atom is 0.265 e. The van der Waals surface area contributed by atoms with Crippen LogP contribution in [-0.4, -0.2) is 22.0 Å². The number of hydrogen-bond acceptors (Lipinski definition) is 3. The second kappa shape index (κ2) is 8.60. The number of hydrogen-bond donors (Lipinski definition) is 0. The maximum absolute atomic E-state index is 13.6. The molecule has 5 rings (SSSR count). The maximum atomic E-state index is 13.6. The van der Waals surface area contributed by atoms with Gasteiger partial charge in [0, 0.05) is 23.1 Å². The third kappa shape index (κ3) is 3.78. The molecule has 1 amide bonds. The Balaban J connectivity index is 1.69. The predicted octanol–water partition coefficient (Wildman–Crippen LogP) is 5.54. The largest absolute Gasteiger partial charge is 0.312 e. The molecule has 5 nitrogen and oxygen atoms in total. The van der Waals surface area contributed by atoms with Gasteiger partial charge in [-0.3, -0.25) is 14.2 Å². The van der Waals surface area contributed by atoms with Crippen LogP contribution in [0.3, 0.4) is 0 Å². The van der Waals surface area contributed by atoms with Gasteiger partial charge in [-0.2, -0.15) is 0 Å². The van der Waals surface area contributed by atoms with Crippen molar-refractivity contribution in [3.8, 4) is 5.69 Å². The van der Waals surface area contributed by atoms with Crippen molar-refractivity contribution in [2.45, 2.75) is 32.6 Å². The van der Waals surface area contributed by atoms with E-state index >= 15 is 0 Å². The summed E-state index contributed by atoms with van der Waals surface area (Å²) in [5, 5.41) is 0.561. The van der Waals surface area contributed by atoms with E-state index < -0.39 is 0 Å². The second-order valence-electron chi connectivity index (χ2n) is 8.47. The van der Waals surface area contributed by atoms with E-state index in [0.29, 0.717) is 29.7 Å². The minimum atomic E-state index is -0.374. The first-order valence-corrected chi connectivity index (χ1v) is 12.0. The van der Waals surface area contributed by atoms with Gasteiger partial charge in [-0.05, 0) is 61.4 Å². The minimum Gasteiger partial charge on any atom is -0.312 e. The molecule has 0 N–H and O–H groups in total. The van der Waals surface area contributed by atoms with Crippen LogP contribution in [0, 0.1) is 6.92 Å². The summed E-state index contributed by atoms with van der Waals surface area (Å²) < 4.78 is 2.58. The van der Waals surface area contributed by atoms with E-state index in [4.69, 9.17) is 4.98 Å². The number of carbonyl (C=O) groups excluding carboxylic acids is 1. The summed E-state index contributed by atoms with van der Waals surface area (Å²) in [6.07, 6.45) is 1.23. The second-order valence-corrected chi connectivity index (χ2v) is 9.39. The van der Waals surface area contributed by atoms with Crippen LogP contribution in [0.5, 0.6) is 0 Å². The number of halogens is 1. The smallest absolute Gasteiger partial charge is 0.265 e. The molecule has 1 aromatic heterocycles. The fourth-order valence-corrected chi connectivity index (χ4v) is 4.91. The lowest BCUT2D eigenvalue weighted by atomic mass is 9.95. The normalized spacial score (nSPS) is 15.3. The lowest BCUT2D eigenvalue weighted by molar-refractivity contribution is -0.119. The number of aryl methyl sites for hydroxylation is 1. The Morgan fingerprint density at radius 2 is 1.76 bits per heavy atom. The van der Waals surface area contributed by atoms with Crippen molar-refractivity contribution in [1.29, 1.82) is 0 Å². The highest BCUT2D eigenvalue weighted by Gasteiger charge is 2.37. The highest BCUT2D eigenvalue weighted by atomic mass is 79.9. The van der Waals surface area contributed by atoms with Crippen molar-refractivity contribution < 1.29 is 4.79 Å². The van der Waals surface area contributed by atoms with Crippen LogP contribution < -0.4 is 10.5 Å². The molecular formula is C27H24BrN3O2. The summed E-state index contributed by atoms with van der Waals surface area (Å²) in [7, 11) is 0. The Morgan fingerprint density at radius 1 is 1.00 bits per heavy atom. The van der Waals surface area contributed by atoms with Gasteiger partial charge in [0.05, 0.1) is 22.5 Å². The van der Waals surface area contributed by atoms with Crippen molar-refractivity contribution in [3.05, 3.63) is 98.5 Å². The summed E-state index contributed by atoms with van der Waals surface area (Å²) in [5.41, 5.74) is 4.34. The molecule has 1 atom stereocenters. The van der Waals surface area contributed by atoms with Crippen LogP contribution in [-0.2, 0) is 11.2 Å². The van der Waals surface area contributed by atoms with Crippen LogP contribution in [0.15, 0.2) is 76.0 Å². The van der Waals surface area contributed by atoms with E-state index in [2.05, 4.69) is 28.9 Å². The van der Waals surface area contributed by atoms with E-state index in [-0.39, 0.29) is 17.4 Å². The van der Waals surface area contributed by atoms with Gasteiger partial charge in [-0.15, -0.1) is 0 Å². The van der Waals surface area contributed by atoms with E-state index in [1.54, 1.807) is 10.6 Å². The summed E-state index contributed by atoms with van der Waals surface area (Å²) >= 11 is 3.47. The number of carbonyl (C=O) groups is 1. The van der Waals surface area contributed by atoms with Gasteiger partial charge in [0.25, 0.3) is 5.56 Å². The number of para-hydroxylation sites is 1. The van der Waals surface area contributed by atoms with E-state index in [1.807, 2.05) is 66.4 Å². The van der Waals surface area contributed by atoms with Crippen molar-refractivity contribution in [3.63, 3.8) is 0 Å². The zero-order valence-electron chi connectivity index (χ0n) is 18.6. The highest BCUT2D eigenvalue weighted by molar-refractivity contribution is 9.10. The van der Waals surface area contributed by atoms with Gasteiger partial charge in [0.2, 0.25) is 5.91 Å². The van der Waals surface area contributed by atoms with Crippen molar-refractivity contribution >= 4 is 38.4 Å². The van der Waals surface area contributed by atoms with Crippen molar-refractivity contribution in [1.82, 2.24) is 9.55 Å². The SMILES string of the molecule is CCCN1C(=O)C(Cc2nc3ccccc3c(=O)n2-c2ccc(Br)cc2)c2cc(C)ccc21. The summed E-state index contributed by atoms with van der Waals surface area (Å²) in [4.78, 5) is 33.8. The summed E-state index contributed by atoms with van der Waals surface area (Å²) in [6.45, 7) is 4.79. The molecule has 6 heteroatoms. The van der Waals surface area contributed by atoms with Crippen LogP contribution in [0.25, 0.3) is 16.6 Å². The number of fused-ring (bicyclic) bond motifs is 2. The molecule has 3 aromatic carbocycles. The molecule has 1 aliphatic heterocycles. The lowest BCUT2D eigenvalue weighted by Crippen LogP contribution is -2.31. The molecule has 166 valence electrons. The average Bonchev–Trinajstić information content (AvgIpc) is 3.06. The Kier molecular flexibility index (Phi) is 5.62. The molecule has 0 spiro atoms. The van der Waals surface area contributed by atoms with Crippen molar-refractivity contribution in [2.24, 2.45) is 0 Å². The number of amides is 1. The predicted molar refractivity (Wildman–Crippen MR) is 135 cm³/mol. The van der Waals surface area contributed by atoms with Crippen LogP contribution in [0.4, 0.5) is 5.69 Å². The van der Waals surface area contributed by atoms with Gasteiger partial charge < -0.3 is 4.90 Å². The third-order valence-corrected chi connectivity index (χ3v) is 6.71. The summed E-state index contributed by atoms with van der Waals surface area (Å²) in [6, 6.07) is 21.1. The third-order valence-electron chi connectivity index (χ3n) is 6.18. The summed E-state index contributed by atoms with van der Waals surface area (Å²) in [5.74, 6) is 0.286. The topological polar surface area (TPSA) is 55.2 Å². The zero-order chi connectivity index (χ0) is 23.1. The van der Waals surface area contributed by atoms with Gasteiger partial charge in [-0.25, -0.2) is 4.98 Å². The standard InChI is InChI=1S/C27H24BrN3O2/c1-3-14-30-24-13-8-17(2)15-21(24)22(26(30)32)16-25-29-23-7-5-4-6-20(23)27(33)31(25)19-11-9-18(28)10-12-19/h4-13,15,22H,3,14,16H2,1-2H3. The Bertz CT molecular complexity index is 1430. The lowest BCUT2D eigenvalue weighted by Gasteiger charge is -2.18. The molecule has 1 aliphatic rings. The molecule has 0 aliphatic carbocycles. The average molecular weight is 502 g/mol. The number of rotatable bonds is 5. The highest BCUT2D eigenvalue weighted by Crippen LogP contribution is 2.40. The fourth-order valence-electron chi connectivity index (χ4n) is 4.64. The van der Waals surface area contributed by atoms with Crippen LogP contribution in [0.2, 0.25) is 0 Å². The first-order chi connectivity index (χ1) is 16.0. The Morgan fingerprint density at radius 3 is 2.52 bits per heavy atom. The van der Waals surface area contributed by atoms with Gasteiger partial charge >= 0.3 is 0 Å². The molecule has 4 aromatic rings. The van der Waals surface area contributed by atoms with Gasteiger partial charge in [-0.1, -0.05) is 52.7 Å². The zero-order valence-corrected chi connectivity index (χ0v) is 20.2. The van der Waals surface area contributed by atoms with Crippen molar-refractivity contribution in [2.75, 3.05) is 11.4 Å². The van der Waals surface area contributed by atoms with E-state index in [9.17, 15) is 9.59 Å². The quantitative estimate of drug-likeness (QED) is 0.360. The van der Waals surface area contributed by atoms with Gasteiger partial charge in [0.15, 0.2) is 0 Å². The van der Waals surface area contributed by atoms with E-state index in [1.165, 1.54) is 0 Å². The molecule has 2 heterocycles. The Hall–Kier alpha value is -3.25. The van der Waals surface area contributed by atoms with Gasteiger partial charge in [0.1, 0.15) is 5.82 Å². The molecule has 0 saturated heterocycles. The number of anilines is 1. The molecule has 0 bridgehead atoms. The van der Waals surface area contributed by atoms with E-state index in [0.717, 1.165) is 33.4 Å². The number of aromatic nitrogens is 2. The van der Waals surface area contributed by atoms with Crippen LogP contribution >= 0.6 is 15.9 Å². The first kappa shape index (κ1) is 21.6. The number of benzene rings is 3. The monoisotopic (exact) mass is 501 g/mol. The molecule has 0 saturated carbocycles. The molecule has 1 unspecified atom stereocenters. The minimum absolute atomic E-state index is 0.0715. The fraction of sp³-hybridized carbons (Fsp3) is 0.222. The number of nitrogens with zero attached hydrogens (tertiary/aromatic N) is 3. The van der Waals surface area contributed by atoms with Crippen LogP contribution in [0.1, 0.15) is 36.2 Å². The first-order valence-electron chi connectivity index (χ1n) is 11.2.